The van der Waals surface area contributed by atoms with Crippen molar-refractivity contribution in [3.8, 4) is 0 Å². The van der Waals surface area contributed by atoms with Crippen LogP contribution in [0.1, 0.15) is 31.9 Å². The van der Waals surface area contributed by atoms with E-state index in [9.17, 15) is 9.59 Å². The number of carbonyl (C=O) groups excluding carboxylic acids is 2. The van der Waals surface area contributed by atoms with E-state index in [1.807, 2.05) is 30.3 Å². The second-order valence-corrected chi connectivity index (χ2v) is 8.37. The molecule has 1 aliphatic heterocycles. The highest BCUT2D eigenvalue weighted by Gasteiger charge is 2.27. The quantitative estimate of drug-likeness (QED) is 0.812. The molecule has 0 unspecified atom stereocenters. The van der Waals surface area contributed by atoms with E-state index in [0.717, 1.165) is 24.3 Å². The first-order valence-corrected chi connectivity index (χ1v) is 9.77. The first kappa shape index (κ1) is 19.9. The number of carbonyl (C=O) groups is 2. The van der Waals surface area contributed by atoms with Crippen molar-refractivity contribution in [1.29, 1.82) is 0 Å². The highest BCUT2D eigenvalue weighted by atomic mass is 16.2. The minimum Gasteiger partial charge on any atom is -0.368 e. The van der Waals surface area contributed by atoms with E-state index in [-0.39, 0.29) is 5.41 Å². The molecule has 0 aromatic heterocycles. The summed E-state index contributed by atoms with van der Waals surface area (Å²) in [4.78, 5) is 29.1. The maximum atomic E-state index is 12.7. The fraction of sp³-hybridized carbons (Fsp3) is 0.391. The molecule has 2 aromatic carbocycles. The number of hydrogen-bond donors (Lipinski definition) is 1. The van der Waals surface area contributed by atoms with Crippen LogP contribution in [0, 0.1) is 6.92 Å². The molecule has 1 N–H and O–H groups in total. The van der Waals surface area contributed by atoms with E-state index in [4.69, 9.17) is 0 Å². The number of para-hydroxylation sites is 1. The van der Waals surface area contributed by atoms with Crippen molar-refractivity contribution < 1.29 is 9.59 Å². The summed E-state index contributed by atoms with van der Waals surface area (Å²) in [5.41, 5.74) is 3.97. The summed E-state index contributed by atoms with van der Waals surface area (Å²) in [6.07, 6.45) is 0. The Labute approximate surface area is 167 Å². The topological polar surface area (TPSA) is 52.7 Å². The molecule has 2 aromatic rings. The number of rotatable bonds is 2. The molecule has 1 fully saturated rings. The van der Waals surface area contributed by atoms with E-state index in [1.54, 1.807) is 4.90 Å². The summed E-state index contributed by atoms with van der Waals surface area (Å²) in [7, 11) is 0. The molecule has 3 rings (SSSR count). The third-order valence-electron chi connectivity index (χ3n) is 5.11. The molecule has 0 bridgehead atoms. The molecule has 2 amide bonds. The molecular formula is C23H29N3O2. The smallest absolute Gasteiger partial charge is 0.313 e. The number of piperazine rings is 1. The third kappa shape index (κ3) is 4.53. The van der Waals surface area contributed by atoms with Gasteiger partial charge in [-0.25, -0.2) is 0 Å². The zero-order valence-corrected chi connectivity index (χ0v) is 17.2. The van der Waals surface area contributed by atoms with Crippen LogP contribution in [-0.2, 0) is 15.0 Å². The van der Waals surface area contributed by atoms with Crippen molar-refractivity contribution in [2.45, 2.75) is 33.1 Å². The van der Waals surface area contributed by atoms with Gasteiger partial charge in [0.2, 0.25) is 0 Å². The van der Waals surface area contributed by atoms with E-state index in [2.05, 4.69) is 56.1 Å². The molecule has 5 heteroatoms. The van der Waals surface area contributed by atoms with Crippen LogP contribution < -0.4 is 10.2 Å². The summed E-state index contributed by atoms with van der Waals surface area (Å²) < 4.78 is 0. The molecule has 148 valence electrons. The van der Waals surface area contributed by atoms with E-state index in [1.165, 1.54) is 5.56 Å². The van der Waals surface area contributed by atoms with Crippen molar-refractivity contribution in [3.63, 3.8) is 0 Å². The first-order chi connectivity index (χ1) is 13.3. The van der Waals surface area contributed by atoms with Crippen molar-refractivity contribution in [2.75, 3.05) is 36.4 Å². The molecular weight excluding hydrogens is 350 g/mol. The van der Waals surface area contributed by atoms with Gasteiger partial charge in [0.25, 0.3) is 0 Å². The SMILES string of the molecule is Cc1cccc(N2CCN(C(=O)C(=O)Nc3ccccc3C(C)(C)C)CC2)c1. The van der Waals surface area contributed by atoms with Crippen LogP contribution in [0.25, 0.3) is 0 Å². The maximum absolute atomic E-state index is 12.7. The van der Waals surface area contributed by atoms with Crippen LogP contribution in [0.15, 0.2) is 48.5 Å². The average Bonchev–Trinajstić information content (AvgIpc) is 2.67. The van der Waals surface area contributed by atoms with Gasteiger partial charge in [0.15, 0.2) is 0 Å². The van der Waals surface area contributed by atoms with Crippen LogP contribution in [0.3, 0.4) is 0 Å². The molecule has 1 saturated heterocycles. The molecule has 1 aliphatic rings. The fourth-order valence-corrected chi connectivity index (χ4v) is 3.56. The first-order valence-electron chi connectivity index (χ1n) is 9.77. The molecule has 28 heavy (non-hydrogen) atoms. The highest BCUT2D eigenvalue weighted by Crippen LogP contribution is 2.29. The Morgan fingerprint density at radius 3 is 2.25 bits per heavy atom. The molecule has 1 heterocycles. The largest absolute Gasteiger partial charge is 0.368 e. The van der Waals surface area contributed by atoms with Crippen LogP contribution in [-0.4, -0.2) is 42.9 Å². The van der Waals surface area contributed by atoms with E-state index < -0.39 is 11.8 Å². The lowest BCUT2D eigenvalue weighted by atomic mass is 9.86. The third-order valence-corrected chi connectivity index (χ3v) is 5.11. The summed E-state index contributed by atoms with van der Waals surface area (Å²) in [5.74, 6) is -1.03. The molecule has 5 nitrogen and oxygen atoms in total. The van der Waals surface area contributed by atoms with E-state index in [0.29, 0.717) is 18.8 Å². The number of amides is 2. The number of benzene rings is 2. The Hall–Kier alpha value is -2.82. The Kier molecular flexibility index (Phi) is 5.73. The molecule has 0 spiro atoms. The fourth-order valence-electron chi connectivity index (χ4n) is 3.56. The lowest BCUT2D eigenvalue weighted by Gasteiger charge is -2.36. The van der Waals surface area contributed by atoms with E-state index >= 15 is 0 Å². The van der Waals surface area contributed by atoms with Crippen LogP contribution in [0.2, 0.25) is 0 Å². The van der Waals surface area contributed by atoms with Crippen LogP contribution >= 0.6 is 0 Å². The summed E-state index contributed by atoms with van der Waals surface area (Å²) in [6.45, 7) is 10.9. The van der Waals surface area contributed by atoms with Crippen LogP contribution in [0.4, 0.5) is 11.4 Å². The average molecular weight is 380 g/mol. The van der Waals surface area contributed by atoms with Gasteiger partial charge >= 0.3 is 11.8 Å². The lowest BCUT2D eigenvalue weighted by Crippen LogP contribution is -2.51. The van der Waals surface area contributed by atoms with Gasteiger partial charge < -0.3 is 15.1 Å². The second kappa shape index (κ2) is 8.05. The zero-order valence-electron chi connectivity index (χ0n) is 17.2. The predicted molar refractivity (Wildman–Crippen MR) is 114 cm³/mol. The van der Waals surface area contributed by atoms with Crippen molar-refractivity contribution in [1.82, 2.24) is 4.90 Å². The van der Waals surface area contributed by atoms with Crippen molar-refractivity contribution in [3.05, 3.63) is 59.7 Å². The van der Waals surface area contributed by atoms with Gasteiger partial charge in [0.05, 0.1) is 0 Å². The van der Waals surface area contributed by atoms with Crippen molar-refractivity contribution >= 4 is 23.2 Å². The molecule has 0 aliphatic carbocycles. The normalized spacial score (nSPS) is 14.7. The second-order valence-electron chi connectivity index (χ2n) is 8.37. The van der Waals surface area contributed by atoms with Gasteiger partial charge in [0, 0.05) is 37.6 Å². The Morgan fingerprint density at radius 1 is 0.929 bits per heavy atom. The van der Waals surface area contributed by atoms with Gasteiger partial charge in [-0.1, -0.05) is 51.1 Å². The lowest BCUT2D eigenvalue weighted by molar-refractivity contribution is -0.143. The Morgan fingerprint density at radius 2 is 1.61 bits per heavy atom. The number of nitrogens with zero attached hydrogens (tertiary/aromatic N) is 2. The minimum absolute atomic E-state index is 0.119. The van der Waals surface area contributed by atoms with Gasteiger partial charge in [0.1, 0.15) is 0 Å². The molecule has 0 radical (unpaired) electrons. The Bertz CT molecular complexity index is 862. The number of anilines is 2. The molecule has 0 atom stereocenters. The monoisotopic (exact) mass is 379 g/mol. The van der Waals surface area contributed by atoms with Gasteiger partial charge in [-0.05, 0) is 41.7 Å². The summed E-state index contributed by atoms with van der Waals surface area (Å²) in [5, 5.41) is 2.82. The molecule has 0 saturated carbocycles. The van der Waals surface area contributed by atoms with Crippen LogP contribution in [0.5, 0.6) is 0 Å². The van der Waals surface area contributed by atoms with Gasteiger partial charge in [-0.3, -0.25) is 9.59 Å². The number of aryl methyl sites for hydroxylation is 1. The number of hydrogen-bond acceptors (Lipinski definition) is 3. The van der Waals surface area contributed by atoms with Gasteiger partial charge in [-0.15, -0.1) is 0 Å². The number of nitrogens with one attached hydrogen (secondary N) is 1. The summed E-state index contributed by atoms with van der Waals surface area (Å²) in [6, 6.07) is 16.0. The summed E-state index contributed by atoms with van der Waals surface area (Å²) >= 11 is 0. The maximum Gasteiger partial charge on any atom is 0.313 e. The predicted octanol–water partition coefficient (Wildman–Crippen LogP) is 3.58. The van der Waals surface area contributed by atoms with Gasteiger partial charge in [-0.2, -0.15) is 0 Å². The highest BCUT2D eigenvalue weighted by molar-refractivity contribution is 6.39. The van der Waals surface area contributed by atoms with Crippen molar-refractivity contribution in [2.24, 2.45) is 0 Å². The Balaban J connectivity index is 1.62. The minimum atomic E-state index is -0.569. The zero-order chi connectivity index (χ0) is 20.3. The standard InChI is InChI=1S/C23H29N3O2/c1-17-8-7-9-18(16-17)25-12-14-26(15-13-25)22(28)21(27)24-20-11-6-5-10-19(20)23(2,3)4/h5-11,16H,12-15H2,1-4H3,(H,24,27).